The fourth-order valence-electron chi connectivity index (χ4n) is 2.92. The summed E-state index contributed by atoms with van der Waals surface area (Å²) < 4.78 is 5.30. The minimum atomic E-state index is -0.136. The summed E-state index contributed by atoms with van der Waals surface area (Å²) >= 11 is 0. The maximum atomic E-state index is 12.7. The molecule has 0 aliphatic carbocycles. The van der Waals surface area contributed by atoms with E-state index in [0.29, 0.717) is 18.0 Å². The molecule has 1 N–H and O–H groups in total. The Kier molecular flexibility index (Phi) is 3.38. The van der Waals surface area contributed by atoms with Crippen molar-refractivity contribution in [1.29, 1.82) is 0 Å². The quantitative estimate of drug-likeness (QED) is 0.803. The molecule has 3 aromatic rings. The molecule has 1 aliphatic heterocycles. The molecule has 1 atom stereocenters. The maximum absolute atomic E-state index is 12.7. The highest BCUT2D eigenvalue weighted by Gasteiger charge is 2.33. The van der Waals surface area contributed by atoms with Gasteiger partial charge in [-0.1, -0.05) is 5.16 Å². The van der Waals surface area contributed by atoms with E-state index in [-0.39, 0.29) is 11.9 Å². The number of likely N-dealkylation sites (tertiary alicyclic amines) is 1. The summed E-state index contributed by atoms with van der Waals surface area (Å²) in [6.07, 6.45) is 8.68. The fraction of sp³-hybridized carbons (Fsp3) is 0.250. The third-order valence-electron chi connectivity index (χ3n) is 4.02. The minimum absolute atomic E-state index is 0.0314. The Balaban J connectivity index is 1.59. The molecule has 0 aromatic carbocycles. The van der Waals surface area contributed by atoms with Gasteiger partial charge in [0.2, 0.25) is 0 Å². The predicted molar refractivity (Wildman–Crippen MR) is 81.3 cm³/mol. The van der Waals surface area contributed by atoms with Crippen molar-refractivity contribution in [3.8, 4) is 11.3 Å². The molecule has 0 radical (unpaired) electrons. The first kappa shape index (κ1) is 13.7. The van der Waals surface area contributed by atoms with Gasteiger partial charge in [-0.05, 0) is 25.0 Å². The van der Waals surface area contributed by atoms with Crippen LogP contribution in [0, 0.1) is 0 Å². The number of imidazole rings is 1. The molecule has 4 heterocycles. The van der Waals surface area contributed by atoms with E-state index >= 15 is 0 Å². The van der Waals surface area contributed by atoms with E-state index in [0.717, 1.165) is 24.2 Å². The summed E-state index contributed by atoms with van der Waals surface area (Å²) in [5.41, 5.74) is 1.10. The van der Waals surface area contributed by atoms with Gasteiger partial charge >= 0.3 is 0 Å². The first-order valence-corrected chi connectivity index (χ1v) is 7.50. The zero-order chi connectivity index (χ0) is 15.6. The second-order valence-corrected chi connectivity index (χ2v) is 5.45. The molecule has 0 spiro atoms. The Morgan fingerprint density at radius 3 is 3.13 bits per heavy atom. The van der Waals surface area contributed by atoms with Crippen LogP contribution < -0.4 is 0 Å². The van der Waals surface area contributed by atoms with E-state index in [4.69, 9.17) is 4.52 Å². The van der Waals surface area contributed by atoms with E-state index in [2.05, 4.69) is 20.1 Å². The maximum Gasteiger partial charge on any atom is 0.276 e. The van der Waals surface area contributed by atoms with Gasteiger partial charge in [0.25, 0.3) is 5.91 Å². The highest BCUT2D eigenvalue weighted by atomic mass is 16.5. The molecule has 1 amide bonds. The third kappa shape index (κ3) is 2.50. The van der Waals surface area contributed by atoms with Crippen LogP contribution in [-0.2, 0) is 0 Å². The molecule has 7 heteroatoms. The van der Waals surface area contributed by atoms with Crippen molar-refractivity contribution in [2.75, 3.05) is 6.54 Å². The Morgan fingerprint density at radius 1 is 1.39 bits per heavy atom. The lowest BCUT2D eigenvalue weighted by atomic mass is 10.2. The topological polar surface area (TPSA) is 87.9 Å². The SMILES string of the molecule is O=C(c1cc(-c2cccnc2)on1)N1CCCC1c1ncc[nH]1. The van der Waals surface area contributed by atoms with Crippen molar-refractivity contribution in [3.05, 3.63) is 54.5 Å². The number of amides is 1. The van der Waals surface area contributed by atoms with Gasteiger partial charge in [-0.2, -0.15) is 0 Å². The number of H-pyrrole nitrogens is 1. The Hall–Kier alpha value is -2.96. The highest BCUT2D eigenvalue weighted by molar-refractivity contribution is 5.93. The summed E-state index contributed by atoms with van der Waals surface area (Å²) in [6.45, 7) is 0.694. The van der Waals surface area contributed by atoms with E-state index in [9.17, 15) is 4.79 Å². The molecule has 1 fully saturated rings. The minimum Gasteiger partial charge on any atom is -0.355 e. The van der Waals surface area contributed by atoms with Crippen molar-refractivity contribution >= 4 is 5.91 Å². The van der Waals surface area contributed by atoms with Crippen molar-refractivity contribution in [3.63, 3.8) is 0 Å². The standard InChI is InChI=1S/C16H15N5O2/c22-16(21-8-2-4-13(21)15-18-6-7-19-15)12-9-14(23-20-12)11-3-1-5-17-10-11/h1,3,5-7,9-10,13H,2,4,8H2,(H,18,19). The second kappa shape index (κ2) is 5.68. The average molecular weight is 309 g/mol. The number of hydrogen-bond donors (Lipinski definition) is 1. The zero-order valence-corrected chi connectivity index (χ0v) is 12.3. The number of rotatable bonds is 3. The van der Waals surface area contributed by atoms with Gasteiger partial charge in [0.15, 0.2) is 11.5 Å². The highest BCUT2D eigenvalue weighted by Crippen LogP contribution is 2.31. The van der Waals surface area contributed by atoms with Gasteiger partial charge in [-0.25, -0.2) is 4.98 Å². The van der Waals surface area contributed by atoms with Gasteiger partial charge < -0.3 is 14.4 Å². The largest absolute Gasteiger partial charge is 0.355 e. The molecule has 0 bridgehead atoms. The zero-order valence-electron chi connectivity index (χ0n) is 12.3. The molecule has 116 valence electrons. The Labute approximate surface area is 132 Å². The van der Waals surface area contributed by atoms with Crippen LogP contribution in [0.3, 0.4) is 0 Å². The average Bonchev–Trinajstić information content (AvgIpc) is 3.34. The number of carbonyl (C=O) groups is 1. The smallest absolute Gasteiger partial charge is 0.276 e. The molecule has 3 aromatic heterocycles. The molecule has 1 unspecified atom stereocenters. The van der Waals surface area contributed by atoms with Crippen LogP contribution in [0.15, 0.2) is 47.5 Å². The summed E-state index contributed by atoms with van der Waals surface area (Å²) in [5.74, 6) is 1.21. The van der Waals surface area contributed by atoms with Crippen molar-refractivity contribution in [2.45, 2.75) is 18.9 Å². The fourth-order valence-corrected chi connectivity index (χ4v) is 2.92. The number of carbonyl (C=O) groups excluding carboxylic acids is 1. The Bertz CT molecular complexity index is 797. The number of aromatic amines is 1. The number of aromatic nitrogens is 4. The predicted octanol–water partition coefficient (Wildman–Crippen LogP) is 2.44. The van der Waals surface area contributed by atoms with Crippen LogP contribution in [0.4, 0.5) is 0 Å². The Morgan fingerprint density at radius 2 is 2.35 bits per heavy atom. The summed E-state index contributed by atoms with van der Waals surface area (Å²) in [4.78, 5) is 25.9. The summed E-state index contributed by atoms with van der Waals surface area (Å²) in [5, 5.41) is 3.93. The number of hydrogen-bond acceptors (Lipinski definition) is 5. The van der Waals surface area contributed by atoms with Gasteiger partial charge in [0.1, 0.15) is 5.82 Å². The molecule has 0 saturated carbocycles. The molecular formula is C16H15N5O2. The summed E-state index contributed by atoms with van der Waals surface area (Å²) in [6, 6.07) is 5.31. The summed E-state index contributed by atoms with van der Waals surface area (Å²) in [7, 11) is 0. The van der Waals surface area contributed by atoms with Gasteiger partial charge in [-0.15, -0.1) is 0 Å². The molecule has 1 aliphatic rings. The van der Waals surface area contributed by atoms with Crippen molar-refractivity contribution < 1.29 is 9.32 Å². The third-order valence-corrected chi connectivity index (χ3v) is 4.02. The number of nitrogens with one attached hydrogen (secondary N) is 1. The molecule has 7 nitrogen and oxygen atoms in total. The van der Waals surface area contributed by atoms with Gasteiger partial charge in [-0.3, -0.25) is 9.78 Å². The molecule has 23 heavy (non-hydrogen) atoms. The van der Waals surface area contributed by atoms with Crippen LogP contribution >= 0.6 is 0 Å². The second-order valence-electron chi connectivity index (χ2n) is 5.45. The molecule has 1 saturated heterocycles. The lowest BCUT2D eigenvalue weighted by Gasteiger charge is -2.21. The van der Waals surface area contributed by atoms with E-state index < -0.39 is 0 Å². The molecular weight excluding hydrogens is 294 g/mol. The molecule has 4 rings (SSSR count). The van der Waals surface area contributed by atoms with Crippen LogP contribution in [0.5, 0.6) is 0 Å². The first-order valence-electron chi connectivity index (χ1n) is 7.50. The van der Waals surface area contributed by atoms with Gasteiger partial charge in [0, 0.05) is 43.0 Å². The lowest BCUT2D eigenvalue weighted by molar-refractivity contribution is 0.0720. The van der Waals surface area contributed by atoms with Gasteiger partial charge in [0.05, 0.1) is 6.04 Å². The first-order chi connectivity index (χ1) is 11.3. The normalized spacial score (nSPS) is 17.6. The van der Waals surface area contributed by atoms with Crippen molar-refractivity contribution in [2.24, 2.45) is 0 Å². The van der Waals surface area contributed by atoms with E-state index in [1.807, 2.05) is 12.1 Å². The van der Waals surface area contributed by atoms with E-state index in [1.165, 1.54) is 0 Å². The number of pyridine rings is 1. The number of nitrogens with zero attached hydrogens (tertiary/aromatic N) is 4. The van der Waals surface area contributed by atoms with Crippen LogP contribution in [0.25, 0.3) is 11.3 Å². The monoisotopic (exact) mass is 309 g/mol. The van der Waals surface area contributed by atoms with Crippen LogP contribution in [0.1, 0.15) is 35.2 Å². The van der Waals surface area contributed by atoms with E-state index in [1.54, 1.807) is 35.8 Å². The van der Waals surface area contributed by atoms with Crippen LogP contribution in [0.2, 0.25) is 0 Å². The van der Waals surface area contributed by atoms with Crippen LogP contribution in [-0.4, -0.2) is 37.5 Å². The van der Waals surface area contributed by atoms with Crippen molar-refractivity contribution in [1.82, 2.24) is 25.0 Å². The lowest BCUT2D eigenvalue weighted by Crippen LogP contribution is -2.31.